The third-order valence-electron chi connectivity index (χ3n) is 1.81. The van der Waals surface area contributed by atoms with Gasteiger partial charge >= 0.3 is 0 Å². The molecule has 0 amide bonds. The molecule has 0 aliphatic heterocycles. The van der Waals surface area contributed by atoms with Gasteiger partial charge in [0.1, 0.15) is 0 Å². The highest BCUT2D eigenvalue weighted by atomic mass is 32.2. The summed E-state index contributed by atoms with van der Waals surface area (Å²) in [7, 11) is -0.396. The largest absolute Gasteiger partial charge is 0.359 e. The van der Waals surface area contributed by atoms with Crippen molar-refractivity contribution in [1.29, 1.82) is 0 Å². The van der Waals surface area contributed by atoms with Gasteiger partial charge in [-0.15, -0.1) is 0 Å². The Labute approximate surface area is 79.2 Å². The van der Waals surface area contributed by atoms with Gasteiger partial charge in [-0.1, -0.05) is 18.2 Å². The van der Waals surface area contributed by atoms with Gasteiger partial charge in [0.15, 0.2) is 0 Å². The molecule has 0 bridgehead atoms. The zero-order chi connectivity index (χ0) is 9.26. The Morgan fingerprint density at radius 3 is 2.92 bits per heavy atom. The van der Waals surface area contributed by atoms with Gasteiger partial charge in [0, 0.05) is 23.4 Å². The van der Waals surface area contributed by atoms with Crippen molar-refractivity contribution in [2.75, 3.05) is 6.26 Å². The number of aromatic nitrogens is 1. The highest BCUT2D eigenvalue weighted by Gasteiger charge is 1.99. The minimum absolute atomic E-state index is 0.396. The normalized spacial score (nSPS) is 13.7. The molecule has 68 valence electrons. The van der Waals surface area contributed by atoms with Gasteiger partial charge in [-0.3, -0.25) is 5.14 Å². The number of nitrogens with zero attached hydrogens (tertiary/aromatic N) is 1. The van der Waals surface area contributed by atoms with E-state index in [1.165, 1.54) is 0 Å². The summed E-state index contributed by atoms with van der Waals surface area (Å²) in [4.78, 5) is 3.15. The van der Waals surface area contributed by atoms with Crippen molar-refractivity contribution in [3.63, 3.8) is 0 Å². The summed E-state index contributed by atoms with van der Waals surface area (Å²) in [6.07, 6.45) is 3.78. The van der Waals surface area contributed by atoms with Crippen LogP contribution in [0.1, 0.15) is 0 Å². The van der Waals surface area contributed by atoms with E-state index in [9.17, 15) is 0 Å². The molecule has 3 nitrogen and oxygen atoms in total. The lowest BCUT2D eigenvalue weighted by Crippen LogP contribution is -1.96. The van der Waals surface area contributed by atoms with E-state index in [-0.39, 0.29) is 0 Å². The van der Waals surface area contributed by atoms with Crippen LogP contribution in [0, 0.1) is 0 Å². The number of hydrogen-bond donors (Lipinski definition) is 2. The van der Waals surface area contributed by atoms with Crippen LogP contribution in [0.4, 0.5) is 5.69 Å². The van der Waals surface area contributed by atoms with E-state index in [0.717, 1.165) is 16.6 Å². The molecule has 2 rings (SSSR count). The van der Waals surface area contributed by atoms with Crippen LogP contribution in [0.3, 0.4) is 0 Å². The second-order valence-electron chi connectivity index (χ2n) is 2.83. The lowest BCUT2D eigenvalue weighted by Gasteiger charge is -1.92. The molecule has 0 saturated carbocycles. The average Bonchev–Trinajstić information content (AvgIpc) is 2.48. The van der Waals surface area contributed by atoms with Crippen molar-refractivity contribution >= 4 is 27.5 Å². The van der Waals surface area contributed by atoms with Crippen LogP contribution in [0.5, 0.6) is 0 Å². The van der Waals surface area contributed by atoms with E-state index in [0.29, 0.717) is 0 Å². The predicted molar refractivity (Wildman–Crippen MR) is 57.9 cm³/mol. The number of aromatic amines is 1. The molecule has 2 aromatic rings. The first-order chi connectivity index (χ1) is 6.27. The van der Waals surface area contributed by atoms with Crippen molar-refractivity contribution in [3.05, 3.63) is 30.5 Å². The molecule has 4 heteroatoms. The average molecular weight is 193 g/mol. The Kier molecular flexibility index (Phi) is 2.16. The van der Waals surface area contributed by atoms with Crippen LogP contribution in [-0.2, 0) is 10.9 Å². The Hall–Kier alpha value is -1.13. The van der Waals surface area contributed by atoms with E-state index < -0.39 is 10.9 Å². The molecule has 1 aromatic carbocycles. The minimum atomic E-state index is -0.396. The van der Waals surface area contributed by atoms with Gasteiger partial charge in [-0.2, -0.15) is 0 Å². The number of benzene rings is 1. The third kappa shape index (κ3) is 1.64. The number of nitrogens with two attached hydrogens (primary N) is 1. The van der Waals surface area contributed by atoms with Crippen LogP contribution in [0.25, 0.3) is 10.9 Å². The molecule has 1 unspecified atom stereocenters. The molecule has 0 fully saturated rings. The molecule has 1 aromatic heterocycles. The first kappa shape index (κ1) is 8.47. The maximum Gasteiger partial charge on any atom is 0.0970 e. The van der Waals surface area contributed by atoms with Gasteiger partial charge < -0.3 is 4.98 Å². The number of hydrogen-bond acceptors (Lipinski definition) is 1. The number of para-hydroxylation sites is 1. The maximum absolute atomic E-state index is 5.62. The standard InChI is InChI=1S/C9H11N3S/c1-13(10)12-9-6-11-8-5-3-2-4-7(8)9/h2-6,11H,1H3,(H2,10,12). The summed E-state index contributed by atoms with van der Waals surface area (Å²) in [6.45, 7) is 0. The van der Waals surface area contributed by atoms with Gasteiger partial charge in [0.25, 0.3) is 0 Å². The predicted octanol–water partition coefficient (Wildman–Crippen LogP) is 2.10. The summed E-state index contributed by atoms with van der Waals surface area (Å²) in [6, 6.07) is 8.06. The summed E-state index contributed by atoms with van der Waals surface area (Å²) in [5, 5.41) is 6.75. The number of nitrogens with one attached hydrogen (secondary N) is 1. The van der Waals surface area contributed by atoms with Crippen molar-refractivity contribution in [2.45, 2.75) is 0 Å². The second-order valence-corrected chi connectivity index (χ2v) is 4.06. The lowest BCUT2D eigenvalue weighted by molar-refractivity contribution is 1.46. The molecule has 0 aliphatic rings. The summed E-state index contributed by atoms with van der Waals surface area (Å²) < 4.78 is 4.32. The quantitative estimate of drug-likeness (QED) is 0.716. The fourth-order valence-corrected chi connectivity index (χ4v) is 1.75. The van der Waals surface area contributed by atoms with E-state index in [1.54, 1.807) is 0 Å². The maximum atomic E-state index is 5.62. The molecule has 1 heterocycles. The van der Waals surface area contributed by atoms with Crippen LogP contribution >= 0.6 is 0 Å². The van der Waals surface area contributed by atoms with Crippen molar-refractivity contribution in [2.24, 2.45) is 9.50 Å². The fourth-order valence-electron chi connectivity index (χ4n) is 1.29. The van der Waals surface area contributed by atoms with Crippen molar-refractivity contribution in [3.8, 4) is 0 Å². The highest BCUT2D eigenvalue weighted by Crippen LogP contribution is 2.25. The summed E-state index contributed by atoms with van der Waals surface area (Å²) >= 11 is 0. The van der Waals surface area contributed by atoms with Crippen LogP contribution in [0.2, 0.25) is 0 Å². The topological polar surface area (TPSA) is 54.2 Å². The molecule has 0 radical (unpaired) electrons. The third-order valence-corrected chi connectivity index (χ3v) is 2.29. The van der Waals surface area contributed by atoms with Gasteiger partial charge in [-0.05, 0) is 16.9 Å². The molecule has 3 N–H and O–H groups in total. The SMILES string of the molecule is CS(N)=Nc1c[nH]c2ccccc12. The monoisotopic (exact) mass is 193 g/mol. The lowest BCUT2D eigenvalue weighted by atomic mass is 10.2. The van der Waals surface area contributed by atoms with Crippen LogP contribution in [-0.4, -0.2) is 11.2 Å². The second kappa shape index (κ2) is 3.32. The number of rotatable bonds is 1. The van der Waals surface area contributed by atoms with Gasteiger partial charge in [0.2, 0.25) is 0 Å². The van der Waals surface area contributed by atoms with E-state index in [4.69, 9.17) is 5.14 Å². The molecule has 0 aliphatic carbocycles. The number of H-pyrrole nitrogens is 1. The molecular formula is C9H11N3S. The molecule has 0 saturated heterocycles. The fraction of sp³-hybridized carbons (Fsp3) is 0.111. The van der Waals surface area contributed by atoms with Crippen LogP contribution in [0.15, 0.2) is 34.8 Å². The smallest absolute Gasteiger partial charge is 0.0970 e. The molecule has 13 heavy (non-hydrogen) atoms. The van der Waals surface area contributed by atoms with E-state index in [2.05, 4.69) is 9.35 Å². The molecule has 0 spiro atoms. The first-order valence-corrected chi connectivity index (χ1v) is 5.61. The minimum Gasteiger partial charge on any atom is -0.359 e. The summed E-state index contributed by atoms with van der Waals surface area (Å²) in [5.74, 6) is 0. The molecular weight excluding hydrogens is 182 g/mol. The van der Waals surface area contributed by atoms with Crippen molar-refractivity contribution in [1.82, 2.24) is 4.98 Å². The Bertz CT molecular complexity index is 455. The number of fused-ring (bicyclic) bond motifs is 1. The van der Waals surface area contributed by atoms with E-state index >= 15 is 0 Å². The Morgan fingerprint density at radius 1 is 1.38 bits per heavy atom. The highest BCUT2D eigenvalue weighted by molar-refractivity contribution is 7.84. The van der Waals surface area contributed by atoms with E-state index in [1.807, 2.05) is 36.7 Å². The van der Waals surface area contributed by atoms with Crippen molar-refractivity contribution < 1.29 is 0 Å². The van der Waals surface area contributed by atoms with Crippen LogP contribution < -0.4 is 5.14 Å². The Balaban J connectivity index is 2.65. The van der Waals surface area contributed by atoms with Gasteiger partial charge in [0.05, 0.1) is 5.69 Å². The molecule has 1 atom stereocenters. The first-order valence-electron chi connectivity index (χ1n) is 3.95. The zero-order valence-corrected chi connectivity index (χ0v) is 8.14. The van der Waals surface area contributed by atoms with Gasteiger partial charge in [-0.25, -0.2) is 4.36 Å². The Morgan fingerprint density at radius 2 is 2.15 bits per heavy atom. The zero-order valence-electron chi connectivity index (χ0n) is 7.32. The summed E-state index contributed by atoms with van der Waals surface area (Å²) in [5.41, 5.74) is 2.05.